The highest BCUT2D eigenvalue weighted by Crippen LogP contribution is 2.33. The summed E-state index contributed by atoms with van der Waals surface area (Å²) in [5.74, 6) is -0.627. The third kappa shape index (κ3) is 5.33. The largest absolute Gasteiger partial charge is 0.493 e. The SMILES string of the molecule is COc1cccc(C(=O)N2CCN(C(=O)CN3CCOCC3)CC2)c1OC(F)F. The molecule has 0 bridgehead atoms. The van der Waals surface area contributed by atoms with Crippen molar-refractivity contribution in [2.24, 2.45) is 0 Å². The minimum Gasteiger partial charge on any atom is -0.493 e. The number of methoxy groups -OCH3 is 1. The van der Waals surface area contributed by atoms with Crippen LogP contribution in [-0.2, 0) is 9.53 Å². The number of rotatable bonds is 6. The lowest BCUT2D eigenvalue weighted by Gasteiger charge is -2.36. The van der Waals surface area contributed by atoms with Gasteiger partial charge in [0, 0.05) is 39.3 Å². The van der Waals surface area contributed by atoms with E-state index in [4.69, 9.17) is 9.47 Å². The van der Waals surface area contributed by atoms with Crippen LogP contribution in [-0.4, -0.2) is 99.3 Å². The molecule has 1 aromatic carbocycles. The van der Waals surface area contributed by atoms with Gasteiger partial charge in [-0.25, -0.2) is 0 Å². The standard InChI is InChI=1S/C19H25F2N3O5/c1-27-15-4-2-3-14(17(15)29-19(20)21)18(26)24-7-5-23(6-8-24)16(25)13-22-9-11-28-12-10-22/h2-4,19H,5-13H2,1H3. The molecule has 0 radical (unpaired) electrons. The Hall–Kier alpha value is -2.46. The summed E-state index contributed by atoms with van der Waals surface area (Å²) in [5, 5.41) is 0. The van der Waals surface area contributed by atoms with Crippen LogP contribution in [0.15, 0.2) is 18.2 Å². The van der Waals surface area contributed by atoms with E-state index in [-0.39, 0.29) is 23.0 Å². The molecule has 0 atom stereocenters. The van der Waals surface area contributed by atoms with Crippen molar-refractivity contribution in [2.45, 2.75) is 6.61 Å². The highest BCUT2D eigenvalue weighted by molar-refractivity contribution is 5.98. The number of halogens is 2. The molecule has 2 heterocycles. The highest BCUT2D eigenvalue weighted by atomic mass is 19.3. The molecule has 160 valence electrons. The van der Waals surface area contributed by atoms with Crippen LogP contribution in [0.4, 0.5) is 8.78 Å². The number of nitrogens with zero attached hydrogens (tertiary/aromatic N) is 3. The van der Waals surface area contributed by atoms with Gasteiger partial charge in [0.15, 0.2) is 11.5 Å². The second-order valence-corrected chi connectivity index (χ2v) is 6.78. The molecule has 8 nitrogen and oxygen atoms in total. The average Bonchev–Trinajstić information content (AvgIpc) is 2.74. The Kier molecular flexibility index (Phi) is 7.21. The first-order chi connectivity index (χ1) is 14.0. The lowest BCUT2D eigenvalue weighted by Crippen LogP contribution is -2.53. The second kappa shape index (κ2) is 9.84. The smallest absolute Gasteiger partial charge is 0.387 e. The lowest BCUT2D eigenvalue weighted by molar-refractivity contribution is -0.134. The van der Waals surface area contributed by atoms with Crippen LogP contribution in [0, 0.1) is 0 Å². The number of carbonyl (C=O) groups is 2. The first-order valence-electron chi connectivity index (χ1n) is 9.48. The van der Waals surface area contributed by atoms with Crippen LogP contribution in [0.3, 0.4) is 0 Å². The normalized spacial score (nSPS) is 18.1. The van der Waals surface area contributed by atoms with Crippen molar-refractivity contribution in [2.75, 3.05) is 66.1 Å². The van der Waals surface area contributed by atoms with Crippen molar-refractivity contribution in [1.82, 2.24) is 14.7 Å². The first-order valence-corrected chi connectivity index (χ1v) is 9.48. The number of hydrogen-bond acceptors (Lipinski definition) is 6. The molecule has 2 aliphatic rings. The summed E-state index contributed by atoms with van der Waals surface area (Å²) in [5.41, 5.74) is 0.0118. The molecular weight excluding hydrogens is 388 g/mol. The Balaban J connectivity index is 1.60. The quantitative estimate of drug-likeness (QED) is 0.691. The summed E-state index contributed by atoms with van der Waals surface area (Å²) in [4.78, 5) is 30.7. The lowest BCUT2D eigenvalue weighted by atomic mass is 10.1. The fourth-order valence-electron chi connectivity index (χ4n) is 3.44. The Morgan fingerprint density at radius 3 is 2.34 bits per heavy atom. The van der Waals surface area contributed by atoms with Gasteiger partial charge in [0.25, 0.3) is 5.91 Å². The van der Waals surface area contributed by atoms with E-state index in [0.29, 0.717) is 45.9 Å². The minimum atomic E-state index is -3.08. The van der Waals surface area contributed by atoms with Crippen LogP contribution >= 0.6 is 0 Å². The second-order valence-electron chi connectivity index (χ2n) is 6.78. The van der Waals surface area contributed by atoms with Gasteiger partial charge in [0.1, 0.15) is 0 Å². The van der Waals surface area contributed by atoms with E-state index in [2.05, 4.69) is 4.74 Å². The molecule has 0 N–H and O–H groups in total. The van der Waals surface area contributed by atoms with Crippen molar-refractivity contribution < 1.29 is 32.6 Å². The zero-order valence-corrected chi connectivity index (χ0v) is 16.3. The predicted molar refractivity (Wildman–Crippen MR) is 99.4 cm³/mol. The summed E-state index contributed by atoms with van der Waals surface area (Å²) >= 11 is 0. The average molecular weight is 413 g/mol. The summed E-state index contributed by atoms with van der Waals surface area (Å²) in [6.07, 6.45) is 0. The highest BCUT2D eigenvalue weighted by Gasteiger charge is 2.29. The van der Waals surface area contributed by atoms with Crippen LogP contribution in [0.25, 0.3) is 0 Å². The Bertz CT molecular complexity index is 720. The van der Waals surface area contributed by atoms with E-state index in [1.807, 2.05) is 4.90 Å². The number of ether oxygens (including phenoxy) is 3. The summed E-state index contributed by atoms with van der Waals surface area (Å²) in [7, 11) is 1.32. The maximum atomic E-state index is 12.9. The summed E-state index contributed by atoms with van der Waals surface area (Å²) in [6.45, 7) is 1.39. The number of piperazine rings is 1. The molecule has 2 saturated heterocycles. The topological polar surface area (TPSA) is 71.6 Å². The van der Waals surface area contributed by atoms with Gasteiger partial charge in [-0.05, 0) is 12.1 Å². The maximum Gasteiger partial charge on any atom is 0.387 e. The van der Waals surface area contributed by atoms with Crippen molar-refractivity contribution in [1.29, 1.82) is 0 Å². The maximum absolute atomic E-state index is 12.9. The Morgan fingerprint density at radius 2 is 1.72 bits per heavy atom. The molecule has 0 saturated carbocycles. The Morgan fingerprint density at radius 1 is 1.07 bits per heavy atom. The fourth-order valence-corrected chi connectivity index (χ4v) is 3.44. The molecule has 0 aliphatic carbocycles. The minimum absolute atomic E-state index is 0.0118. The van der Waals surface area contributed by atoms with Crippen LogP contribution in [0.5, 0.6) is 11.5 Å². The van der Waals surface area contributed by atoms with Crippen LogP contribution in [0.1, 0.15) is 10.4 Å². The van der Waals surface area contributed by atoms with Gasteiger partial charge < -0.3 is 24.0 Å². The number of alkyl halides is 2. The number of para-hydroxylation sites is 1. The van der Waals surface area contributed by atoms with E-state index in [1.165, 1.54) is 24.1 Å². The Labute approximate surface area is 167 Å². The first kappa shape index (κ1) is 21.3. The van der Waals surface area contributed by atoms with Gasteiger partial charge in [0.05, 0.1) is 32.4 Å². The zero-order chi connectivity index (χ0) is 20.8. The molecule has 0 aromatic heterocycles. The van der Waals surface area contributed by atoms with Gasteiger partial charge in [-0.2, -0.15) is 8.78 Å². The van der Waals surface area contributed by atoms with Gasteiger partial charge in [0.2, 0.25) is 5.91 Å². The number of hydrogen-bond donors (Lipinski definition) is 0. The van der Waals surface area contributed by atoms with E-state index < -0.39 is 12.5 Å². The number of amides is 2. The van der Waals surface area contributed by atoms with Gasteiger partial charge in [-0.15, -0.1) is 0 Å². The van der Waals surface area contributed by atoms with E-state index in [9.17, 15) is 18.4 Å². The van der Waals surface area contributed by atoms with Crippen LogP contribution in [0.2, 0.25) is 0 Å². The van der Waals surface area contributed by atoms with Crippen molar-refractivity contribution >= 4 is 11.8 Å². The van der Waals surface area contributed by atoms with Crippen molar-refractivity contribution in [3.8, 4) is 11.5 Å². The van der Waals surface area contributed by atoms with E-state index in [1.54, 1.807) is 11.0 Å². The monoisotopic (exact) mass is 413 g/mol. The molecule has 1 aromatic rings. The molecule has 2 fully saturated rings. The molecular formula is C19H25F2N3O5. The van der Waals surface area contributed by atoms with Crippen molar-refractivity contribution in [3.05, 3.63) is 23.8 Å². The molecule has 3 rings (SSSR count). The summed E-state index contributed by atoms with van der Waals surface area (Å²) < 4.78 is 40.5. The van der Waals surface area contributed by atoms with Crippen LogP contribution < -0.4 is 9.47 Å². The number of carbonyl (C=O) groups excluding carboxylic acids is 2. The fraction of sp³-hybridized carbons (Fsp3) is 0.579. The summed E-state index contributed by atoms with van der Waals surface area (Å²) in [6, 6.07) is 4.43. The molecule has 2 aliphatic heterocycles. The zero-order valence-electron chi connectivity index (χ0n) is 16.3. The molecule has 10 heteroatoms. The molecule has 29 heavy (non-hydrogen) atoms. The van der Waals surface area contributed by atoms with Gasteiger partial charge in [-0.3, -0.25) is 14.5 Å². The van der Waals surface area contributed by atoms with E-state index >= 15 is 0 Å². The van der Waals surface area contributed by atoms with E-state index in [0.717, 1.165) is 13.1 Å². The van der Waals surface area contributed by atoms with Gasteiger partial charge >= 0.3 is 6.61 Å². The van der Waals surface area contributed by atoms with Crippen molar-refractivity contribution in [3.63, 3.8) is 0 Å². The number of morpholine rings is 1. The van der Waals surface area contributed by atoms with Gasteiger partial charge in [-0.1, -0.05) is 6.07 Å². The third-order valence-electron chi connectivity index (χ3n) is 5.02. The molecule has 2 amide bonds. The molecule has 0 unspecified atom stereocenters. The third-order valence-corrected chi connectivity index (χ3v) is 5.02. The number of benzene rings is 1. The predicted octanol–water partition coefficient (Wildman–Crippen LogP) is 0.913. The molecule has 0 spiro atoms.